The highest BCUT2D eigenvalue weighted by molar-refractivity contribution is 6.30. The Balaban J connectivity index is 1.78. The zero-order valence-corrected chi connectivity index (χ0v) is 19.2. The molecule has 1 heterocycles. The molecule has 1 amide bonds. The topological polar surface area (TPSA) is 73.1 Å². The lowest BCUT2D eigenvalue weighted by Gasteiger charge is -2.15. The Kier molecular flexibility index (Phi) is 6.47. The first-order chi connectivity index (χ1) is 15.8. The molecule has 4 rings (SSSR count). The molecule has 0 unspecified atom stereocenters. The second-order valence-corrected chi connectivity index (χ2v) is 8.65. The molecule has 0 fully saturated rings. The van der Waals surface area contributed by atoms with E-state index in [1.807, 2.05) is 26.0 Å². The normalized spacial score (nSPS) is 11.2. The fourth-order valence-corrected chi connectivity index (χ4v) is 3.92. The Morgan fingerprint density at radius 1 is 0.909 bits per heavy atom. The quantitative estimate of drug-likeness (QED) is 0.473. The van der Waals surface area contributed by atoms with Gasteiger partial charge in [0.1, 0.15) is 0 Å². The first kappa shape index (κ1) is 22.6. The largest absolute Gasteiger partial charge is 0.354 e. The Bertz CT molecular complexity index is 1420. The summed E-state index contributed by atoms with van der Waals surface area (Å²) in [7, 11) is 0. The van der Waals surface area contributed by atoms with Crippen LogP contribution in [0.25, 0.3) is 16.6 Å². The Morgan fingerprint density at radius 3 is 2.21 bits per heavy atom. The van der Waals surface area contributed by atoms with Crippen LogP contribution in [0.2, 0.25) is 5.02 Å². The number of nitrogens with one attached hydrogen (secondary N) is 1. The molecular formula is C26H24ClN3O3. The molecule has 7 heteroatoms. The first-order valence-electron chi connectivity index (χ1n) is 10.7. The highest BCUT2D eigenvalue weighted by Gasteiger charge is 2.15. The summed E-state index contributed by atoms with van der Waals surface area (Å²) >= 11 is 6.00. The number of rotatable bonds is 6. The van der Waals surface area contributed by atoms with Crippen LogP contribution in [0.5, 0.6) is 0 Å². The summed E-state index contributed by atoms with van der Waals surface area (Å²) < 4.78 is 2.76. The maximum Gasteiger partial charge on any atom is 0.336 e. The van der Waals surface area contributed by atoms with E-state index < -0.39 is 5.69 Å². The number of fused-ring (bicyclic) bond motifs is 1. The van der Waals surface area contributed by atoms with Crippen molar-refractivity contribution >= 4 is 28.4 Å². The van der Waals surface area contributed by atoms with Crippen LogP contribution in [0.4, 0.5) is 0 Å². The van der Waals surface area contributed by atoms with Gasteiger partial charge in [-0.2, -0.15) is 0 Å². The van der Waals surface area contributed by atoms with Crippen LogP contribution in [-0.4, -0.2) is 21.1 Å². The molecule has 0 saturated heterocycles. The molecule has 6 nitrogen and oxygen atoms in total. The van der Waals surface area contributed by atoms with E-state index in [4.69, 9.17) is 11.6 Å². The molecule has 0 saturated carbocycles. The number of para-hydroxylation sites is 1. The average molecular weight is 462 g/mol. The third-order valence-corrected chi connectivity index (χ3v) is 5.57. The fourth-order valence-electron chi connectivity index (χ4n) is 3.80. The third kappa shape index (κ3) is 4.91. The van der Waals surface area contributed by atoms with Crippen LogP contribution >= 0.6 is 11.6 Å². The van der Waals surface area contributed by atoms with Gasteiger partial charge in [0.2, 0.25) is 5.91 Å². The number of carbonyl (C=O) groups is 1. The summed E-state index contributed by atoms with van der Waals surface area (Å²) in [4.78, 5) is 38.8. The fraction of sp³-hybridized carbons (Fsp3) is 0.192. The van der Waals surface area contributed by atoms with Crippen molar-refractivity contribution in [1.29, 1.82) is 0 Å². The van der Waals surface area contributed by atoms with E-state index >= 15 is 0 Å². The van der Waals surface area contributed by atoms with Crippen LogP contribution in [0.1, 0.15) is 25.0 Å². The van der Waals surface area contributed by atoms with E-state index in [9.17, 15) is 14.4 Å². The van der Waals surface area contributed by atoms with Gasteiger partial charge in [-0.3, -0.25) is 14.2 Å². The lowest BCUT2D eigenvalue weighted by molar-refractivity contribution is -0.120. The molecule has 0 atom stereocenters. The summed E-state index contributed by atoms with van der Waals surface area (Å²) in [6.07, 6.45) is 0.228. The van der Waals surface area contributed by atoms with Crippen molar-refractivity contribution in [2.45, 2.75) is 32.9 Å². The van der Waals surface area contributed by atoms with Crippen LogP contribution in [-0.2, 0) is 17.8 Å². The van der Waals surface area contributed by atoms with Crippen LogP contribution in [0.15, 0.2) is 82.4 Å². The van der Waals surface area contributed by atoms with Crippen LogP contribution in [0, 0.1) is 0 Å². The van der Waals surface area contributed by atoms with Gasteiger partial charge >= 0.3 is 5.69 Å². The Morgan fingerprint density at radius 2 is 1.55 bits per heavy atom. The minimum Gasteiger partial charge on any atom is -0.354 e. The molecule has 0 aliphatic rings. The highest BCUT2D eigenvalue weighted by Crippen LogP contribution is 2.15. The van der Waals surface area contributed by atoms with E-state index in [2.05, 4.69) is 5.32 Å². The van der Waals surface area contributed by atoms with E-state index in [1.54, 1.807) is 65.2 Å². The number of aromatic nitrogens is 2. The molecule has 0 spiro atoms. The van der Waals surface area contributed by atoms with Gasteiger partial charge in [-0.05, 0) is 61.4 Å². The second-order valence-electron chi connectivity index (χ2n) is 8.22. The van der Waals surface area contributed by atoms with Gasteiger partial charge in [0, 0.05) is 11.1 Å². The first-order valence-corrected chi connectivity index (χ1v) is 11.1. The van der Waals surface area contributed by atoms with Crippen molar-refractivity contribution in [2.24, 2.45) is 0 Å². The zero-order valence-electron chi connectivity index (χ0n) is 18.4. The molecule has 1 aromatic heterocycles. The number of halogens is 1. The number of hydrogen-bond donors (Lipinski definition) is 1. The summed E-state index contributed by atoms with van der Waals surface area (Å²) in [6, 6.07) is 21.3. The maximum absolute atomic E-state index is 13.5. The van der Waals surface area contributed by atoms with E-state index in [0.717, 1.165) is 11.1 Å². The number of hydrogen-bond acceptors (Lipinski definition) is 3. The van der Waals surface area contributed by atoms with Gasteiger partial charge in [-0.1, -0.05) is 48.0 Å². The molecule has 0 radical (unpaired) electrons. The van der Waals surface area contributed by atoms with Crippen LogP contribution in [0.3, 0.4) is 0 Å². The zero-order chi connectivity index (χ0) is 23.5. The lowest BCUT2D eigenvalue weighted by atomic mass is 10.1. The highest BCUT2D eigenvalue weighted by atomic mass is 35.5. The predicted octanol–water partition coefficient (Wildman–Crippen LogP) is 3.92. The molecular weight excluding hydrogens is 438 g/mol. The predicted molar refractivity (Wildman–Crippen MR) is 131 cm³/mol. The summed E-state index contributed by atoms with van der Waals surface area (Å²) in [6.45, 7) is 4.11. The number of carbonyl (C=O) groups excluding carboxylic acids is 1. The molecule has 0 bridgehead atoms. The molecule has 0 aliphatic carbocycles. The average Bonchev–Trinajstić information content (AvgIpc) is 2.78. The van der Waals surface area contributed by atoms with Gasteiger partial charge < -0.3 is 5.32 Å². The lowest BCUT2D eigenvalue weighted by Crippen LogP contribution is -2.39. The van der Waals surface area contributed by atoms with Gasteiger partial charge in [0.25, 0.3) is 5.56 Å². The van der Waals surface area contributed by atoms with Gasteiger partial charge in [-0.25, -0.2) is 9.36 Å². The van der Waals surface area contributed by atoms with E-state index in [0.29, 0.717) is 28.2 Å². The van der Waals surface area contributed by atoms with Gasteiger partial charge in [-0.15, -0.1) is 0 Å². The minimum absolute atomic E-state index is 0.0621. The smallest absolute Gasteiger partial charge is 0.336 e. The SMILES string of the molecule is CC(C)NC(=O)Cc1ccc(-n2c(=O)c3ccccc3n(Cc3ccc(Cl)cc3)c2=O)cc1. The van der Waals surface area contributed by atoms with Crippen molar-refractivity contribution in [2.75, 3.05) is 0 Å². The summed E-state index contributed by atoms with van der Waals surface area (Å²) in [5.74, 6) is -0.0778. The standard InChI is InChI=1S/C26H24ClN3O3/c1-17(2)28-24(31)15-18-9-13-21(14-10-18)30-25(32)22-5-3-4-6-23(22)29(26(30)33)16-19-7-11-20(27)12-8-19/h3-14,17H,15-16H2,1-2H3,(H,28,31). The van der Waals surface area contributed by atoms with E-state index in [-0.39, 0.29) is 23.9 Å². The molecule has 168 valence electrons. The molecule has 33 heavy (non-hydrogen) atoms. The van der Waals surface area contributed by atoms with Gasteiger partial charge in [0.05, 0.1) is 29.6 Å². The molecule has 0 aliphatic heterocycles. The van der Waals surface area contributed by atoms with Crippen molar-refractivity contribution in [1.82, 2.24) is 14.5 Å². The second kappa shape index (κ2) is 9.46. The van der Waals surface area contributed by atoms with E-state index in [1.165, 1.54) is 4.57 Å². The number of amides is 1. The third-order valence-electron chi connectivity index (χ3n) is 5.31. The van der Waals surface area contributed by atoms with Crippen molar-refractivity contribution in [3.63, 3.8) is 0 Å². The molecule has 4 aromatic rings. The maximum atomic E-state index is 13.5. The molecule has 1 N–H and O–H groups in total. The molecule has 3 aromatic carbocycles. The minimum atomic E-state index is -0.432. The van der Waals surface area contributed by atoms with Crippen molar-refractivity contribution in [3.8, 4) is 5.69 Å². The monoisotopic (exact) mass is 461 g/mol. The summed E-state index contributed by atoms with van der Waals surface area (Å²) in [5, 5.41) is 3.92. The Labute approximate surface area is 196 Å². The summed E-state index contributed by atoms with van der Waals surface area (Å²) in [5.41, 5.74) is 1.90. The van der Waals surface area contributed by atoms with Crippen LogP contribution < -0.4 is 16.6 Å². The Hall–Kier alpha value is -3.64. The number of benzene rings is 3. The van der Waals surface area contributed by atoms with Crippen molar-refractivity contribution in [3.05, 3.63) is 110 Å². The van der Waals surface area contributed by atoms with Gasteiger partial charge in [0.15, 0.2) is 0 Å². The van der Waals surface area contributed by atoms with Crippen molar-refractivity contribution < 1.29 is 4.79 Å². The number of nitrogens with zero attached hydrogens (tertiary/aromatic N) is 2.